The van der Waals surface area contributed by atoms with Crippen molar-refractivity contribution in [3.63, 3.8) is 0 Å². The van der Waals surface area contributed by atoms with Gasteiger partial charge in [0, 0.05) is 6.42 Å². The van der Waals surface area contributed by atoms with Gasteiger partial charge in [-0.15, -0.1) is 0 Å². The number of nitrogens with one attached hydrogen (secondary N) is 1. The maximum Gasteiger partial charge on any atom is 0.237 e. The fourth-order valence-corrected chi connectivity index (χ4v) is 3.96. The van der Waals surface area contributed by atoms with Gasteiger partial charge >= 0.3 is 0 Å². The minimum atomic E-state index is -0.490. The zero-order chi connectivity index (χ0) is 14.0. The Labute approximate surface area is 119 Å². The fraction of sp³-hybridized carbons (Fsp3) is 0.529. The summed E-state index contributed by atoms with van der Waals surface area (Å²) in [4.78, 5) is 24.2. The van der Waals surface area contributed by atoms with E-state index < -0.39 is 5.41 Å². The molecule has 2 fully saturated rings. The standard InChI is InChI=1S/C17H21NO2/c19-15-11-12-17(16(20)18-15,13-7-3-1-4-8-13)14-9-5-2-6-10-14/h1,3-4,7-8,14H,2,5-6,9-12H2,(H,18,19,20). The fourth-order valence-electron chi connectivity index (χ4n) is 3.96. The highest BCUT2D eigenvalue weighted by Crippen LogP contribution is 2.45. The highest BCUT2D eigenvalue weighted by Gasteiger charge is 2.49. The highest BCUT2D eigenvalue weighted by molar-refractivity contribution is 6.03. The van der Waals surface area contributed by atoms with E-state index in [-0.39, 0.29) is 11.8 Å². The van der Waals surface area contributed by atoms with Crippen LogP contribution in [0.2, 0.25) is 0 Å². The summed E-state index contributed by atoms with van der Waals surface area (Å²) >= 11 is 0. The third-order valence-corrected chi connectivity index (χ3v) is 5.00. The minimum Gasteiger partial charge on any atom is -0.296 e. The molecule has 1 heterocycles. The molecule has 1 aliphatic heterocycles. The zero-order valence-electron chi connectivity index (χ0n) is 11.7. The number of benzene rings is 1. The summed E-state index contributed by atoms with van der Waals surface area (Å²) in [5.41, 5.74) is 0.590. The smallest absolute Gasteiger partial charge is 0.237 e. The van der Waals surface area contributed by atoms with E-state index in [0.717, 1.165) is 18.4 Å². The van der Waals surface area contributed by atoms with Gasteiger partial charge < -0.3 is 0 Å². The third-order valence-electron chi connectivity index (χ3n) is 5.00. The van der Waals surface area contributed by atoms with Gasteiger partial charge in [-0.3, -0.25) is 14.9 Å². The number of amides is 2. The van der Waals surface area contributed by atoms with Crippen LogP contribution < -0.4 is 5.32 Å². The molecule has 106 valence electrons. The molecule has 2 amide bonds. The summed E-state index contributed by atoms with van der Waals surface area (Å²) in [7, 11) is 0. The van der Waals surface area contributed by atoms with Gasteiger partial charge in [-0.05, 0) is 30.7 Å². The van der Waals surface area contributed by atoms with Crippen LogP contribution in [0.5, 0.6) is 0 Å². The van der Waals surface area contributed by atoms with E-state index in [4.69, 9.17) is 0 Å². The molecule has 0 aromatic heterocycles. The SMILES string of the molecule is O=C1CCC(c2ccccc2)(C2CCCCC2)C(=O)N1. The number of hydrogen-bond donors (Lipinski definition) is 1. The molecule has 20 heavy (non-hydrogen) atoms. The Morgan fingerprint density at radius 2 is 1.70 bits per heavy atom. The Hall–Kier alpha value is -1.64. The maximum atomic E-state index is 12.7. The van der Waals surface area contributed by atoms with E-state index in [1.54, 1.807) is 0 Å². The van der Waals surface area contributed by atoms with E-state index in [9.17, 15) is 9.59 Å². The Morgan fingerprint density at radius 3 is 2.35 bits per heavy atom. The first-order valence-corrected chi connectivity index (χ1v) is 7.63. The van der Waals surface area contributed by atoms with Crippen molar-refractivity contribution >= 4 is 11.8 Å². The van der Waals surface area contributed by atoms with Crippen molar-refractivity contribution in [3.05, 3.63) is 35.9 Å². The van der Waals surface area contributed by atoms with Crippen molar-refractivity contribution in [2.75, 3.05) is 0 Å². The molecule has 1 saturated carbocycles. The van der Waals surface area contributed by atoms with Crippen molar-refractivity contribution in [1.82, 2.24) is 5.32 Å². The average molecular weight is 271 g/mol. The van der Waals surface area contributed by atoms with Crippen molar-refractivity contribution in [2.45, 2.75) is 50.4 Å². The second-order valence-corrected chi connectivity index (χ2v) is 6.05. The van der Waals surface area contributed by atoms with Crippen molar-refractivity contribution in [3.8, 4) is 0 Å². The predicted octanol–water partition coefficient (Wildman–Crippen LogP) is 2.94. The van der Waals surface area contributed by atoms with E-state index in [1.165, 1.54) is 19.3 Å². The lowest BCUT2D eigenvalue weighted by Gasteiger charge is -2.43. The van der Waals surface area contributed by atoms with E-state index >= 15 is 0 Å². The Balaban J connectivity index is 2.02. The van der Waals surface area contributed by atoms with Gasteiger partial charge in [-0.2, -0.15) is 0 Å². The molecule has 0 spiro atoms. The number of hydrogen-bond acceptors (Lipinski definition) is 2. The van der Waals surface area contributed by atoms with Crippen LogP contribution in [0.15, 0.2) is 30.3 Å². The molecule has 1 atom stereocenters. The maximum absolute atomic E-state index is 12.7. The molecule has 3 heteroatoms. The molecule has 1 saturated heterocycles. The number of carbonyl (C=O) groups is 2. The van der Waals surface area contributed by atoms with Crippen LogP contribution in [0.1, 0.15) is 50.5 Å². The Kier molecular flexibility index (Phi) is 3.60. The first-order chi connectivity index (χ1) is 9.73. The zero-order valence-corrected chi connectivity index (χ0v) is 11.7. The van der Waals surface area contributed by atoms with Crippen molar-refractivity contribution < 1.29 is 9.59 Å². The lowest BCUT2D eigenvalue weighted by molar-refractivity contribution is -0.140. The van der Waals surface area contributed by atoms with Crippen LogP contribution in [-0.2, 0) is 15.0 Å². The molecule has 0 radical (unpaired) electrons. The lowest BCUT2D eigenvalue weighted by Crippen LogP contribution is -2.55. The van der Waals surface area contributed by atoms with Gasteiger partial charge in [0.05, 0.1) is 5.41 Å². The molecular formula is C17H21NO2. The molecule has 1 unspecified atom stereocenters. The molecule has 1 aliphatic carbocycles. The monoisotopic (exact) mass is 271 g/mol. The molecule has 1 aromatic rings. The normalized spacial score (nSPS) is 28.2. The number of piperidine rings is 1. The van der Waals surface area contributed by atoms with Gasteiger partial charge in [0.15, 0.2) is 0 Å². The van der Waals surface area contributed by atoms with Crippen LogP contribution in [0.4, 0.5) is 0 Å². The summed E-state index contributed by atoms with van der Waals surface area (Å²) < 4.78 is 0. The first kappa shape index (κ1) is 13.3. The van der Waals surface area contributed by atoms with Crippen LogP contribution >= 0.6 is 0 Å². The minimum absolute atomic E-state index is 0.0770. The van der Waals surface area contributed by atoms with Gasteiger partial charge in [0.25, 0.3) is 0 Å². The number of imide groups is 1. The second kappa shape index (κ2) is 5.39. The highest BCUT2D eigenvalue weighted by atomic mass is 16.2. The number of carbonyl (C=O) groups excluding carboxylic acids is 2. The van der Waals surface area contributed by atoms with Crippen LogP contribution in [0.25, 0.3) is 0 Å². The molecule has 0 bridgehead atoms. The summed E-state index contributed by atoms with van der Waals surface area (Å²) in [5.74, 6) is 0.163. The van der Waals surface area contributed by atoms with E-state index in [2.05, 4.69) is 5.32 Å². The third kappa shape index (κ3) is 2.15. The van der Waals surface area contributed by atoms with Gasteiger partial charge in [0.1, 0.15) is 0 Å². The Morgan fingerprint density at radius 1 is 1.00 bits per heavy atom. The molecule has 1 aromatic carbocycles. The Bertz CT molecular complexity index is 505. The summed E-state index contributed by atoms with van der Waals surface area (Å²) in [6, 6.07) is 10.0. The molecule has 3 nitrogen and oxygen atoms in total. The van der Waals surface area contributed by atoms with Crippen molar-refractivity contribution in [1.29, 1.82) is 0 Å². The second-order valence-electron chi connectivity index (χ2n) is 6.05. The molecule has 3 rings (SSSR count). The topological polar surface area (TPSA) is 46.2 Å². The van der Waals surface area contributed by atoms with Crippen molar-refractivity contribution in [2.24, 2.45) is 5.92 Å². The van der Waals surface area contributed by atoms with Gasteiger partial charge in [-0.25, -0.2) is 0 Å². The summed E-state index contributed by atoms with van der Waals surface area (Å²) in [6.07, 6.45) is 6.96. The lowest BCUT2D eigenvalue weighted by atomic mass is 9.61. The number of rotatable bonds is 2. The first-order valence-electron chi connectivity index (χ1n) is 7.63. The van der Waals surface area contributed by atoms with Crippen LogP contribution in [0, 0.1) is 5.92 Å². The van der Waals surface area contributed by atoms with Crippen LogP contribution in [0.3, 0.4) is 0 Å². The quantitative estimate of drug-likeness (QED) is 0.841. The van der Waals surface area contributed by atoms with Gasteiger partial charge in [-0.1, -0.05) is 49.6 Å². The van der Waals surface area contributed by atoms with Gasteiger partial charge in [0.2, 0.25) is 11.8 Å². The summed E-state index contributed by atoms with van der Waals surface area (Å²) in [6.45, 7) is 0. The van der Waals surface area contributed by atoms with E-state index in [0.29, 0.717) is 18.8 Å². The summed E-state index contributed by atoms with van der Waals surface area (Å²) in [5, 5.41) is 2.59. The average Bonchev–Trinajstić information content (AvgIpc) is 2.50. The molecule has 2 aliphatic rings. The largest absolute Gasteiger partial charge is 0.296 e. The predicted molar refractivity (Wildman–Crippen MR) is 77.1 cm³/mol. The molecule has 1 N–H and O–H groups in total. The molecular weight excluding hydrogens is 250 g/mol. The van der Waals surface area contributed by atoms with Crippen LogP contribution in [-0.4, -0.2) is 11.8 Å². The van der Waals surface area contributed by atoms with E-state index in [1.807, 2.05) is 30.3 Å².